The predicted octanol–water partition coefficient (Wildman–Crippen LogP) is 1.44. The summed E-state index contributed by atoms with van der Waals surface area (Å²) >= 11 is 1.44. The Bertz CT molecular complexity index is 536. The molecule has 1 aromatic heterocycles. The molecule has 108 valence electrons. The van der Waals surface area contributed by atoms with Gasteiger partial charge in [0, 0.05) is 19.0 Å². The molecule has 0 unspecified atom stereocenters. The molecule has 1 aliphatic rings. The zero-order valence-corrected chi connectivity index (χ0v) is 12.5. The molecule has 3 N–H and O–H groups in total. The quantitative estimate of drug-likeness (QED) is 0.828. The van der Waals surface area contributed by atoms with Gasteiger partial charge < -0.3 is 15.7 Å². The molecule has 1 aliphatic carbocycles. The van der Waals surface area contributed by atoms with E-state index < -0.39 is 5.60 Å². The molecule has 4 nitrogen and oxygen atoms in total. The molecular weight excluding hydrogens is 272 g/mol. The standard InChI is InChI=1S/C15H20N2O2S/c1-17(11-15(19)6-2-3-7-15)14(18)12-9-13(20-10-12)5-4-8-16/h9-10,19H,2-3,6-8,11,16H2,1H3. The molecule has 0 spiro atoms. The highest BCUT2D eigenvalue weighted by Crippen LogP contribution is 2.30. The van der Waals surface area contributed by atoms with Crippen molar-refractivity contribution in [1.82, 2.24) is 4.90 Å². The first-order chi connectivity index (χ1) is 9.54. The maximum Gasteiger partial charge on any atom is 0.254 e. The summed E-state index contributed by atoms with van der Waals surface area (Å²) in [5.74, 6) is 5.63. The molecule has 0 aliphatic heterocycles. The van der Waals surface area contributed by atoms with Crippen LogP contribution in [0.15, 0.2) is 11.4 Å². The van der Waals surface area contributed by atoms with Gasteiger partial charge in [0.15, 0.2) is 0 Å². The van der Waals surface area contributed by atoms with Gasteiger partial charge in [-0.2, -0.15) is 0 Å². The molecule has 1 aromatic rings. The van der Waals surface area contributed by atoms with Crippen LogP contribution in [-0.2, 0) is 0 Å². The molecule has 0 atom stereocenters. The minimum Gasteiger partial charge on any atom is -0.388 e. The van der Waals surface area contributed by atoms with E-state index in [1.165, 1.54) is 11.3 Å². The maximum atomic E-state index is 12.3. The van der Waals surface area contributed by atoms with Crippen molar-refractivity contribution in [2.75, 3.05) is 20.1 Å². The number of likely N-dealkylation sites (N-methyl/N-ethyl adjacent to an activating group) is 1. The van der Waals surface area contributed by atoms with E-state index in [1.54, 1.807) is 23.4 Å². The summed E-state index contributed by atoms with van der Waals surface area (Å²) in [4.78, 5) is 14.8. The van der Waals surface area contributed by atoms with Crippen LogP contribution >= 0.6 is 11.3 Å². The van der Waals surface area contributed by atoms with Gasteiger partial charge in [0.05, 0.1) is 22.6 Å². The molecular formula is C15H20N2O2S. The number of carbonyl (C=O) groups is 1. The van der Waals surface area contributed by atoms with Crippen LogP contribution in [0.3, 0.4) is 0 Å². The van der Waals surface area contributed by atoms with Crippen LogP contribution in [-0.4, -0.2) is 41.7 Å². The van der Waals surface area contributed by atoms with E-state index in [0.717, 1.165) is 30.6 Å². The summed E-state index contributed by atoms with van der Waals surface area (Å²) in [6.07, 6.45) is 3.63. The SMILES string of the molecule is CN(CC1(O)CCCC1)C(=O)c1csc(C#CCN)c1. The zero-order valence-electron chi connectivity index (χ0n) is 11.7. The average molecular weight is 292 g/mol. The van der Waals surface area contributed by atoms with E-state index in [0.29, 0.717) is 18.7 Å². The third kappa shape index (κ3) is 3.60. The Morgan fingerprint density at radius 3 is 2.90 bits per heavy atom. The highest BCUT2D eigenvalue weighted by Gasteiger charge is 2.33. The Balaban J connectivity index is 2.01. The Kier molecular flexibility index (Phi) is 4.81. The highest BCUT2D eigenvalue weighted by molar-refractivity contribution is 7.10. The summed E-state index contributed by atoms with van der Waals surface area (Å²) in [6, 6.07) is 1.78. The summed E-state index contributed by atoms with van der Waals surface area (Å²) in [6.45, 7) is 0.708. The molecule has 0 saturated heterocycles. The third-order valence-corrected chi connectivity index (χ3v) is 4.42. The number of rotatable bonds is 3. The number of nitrogens with two attached hydrogens (primary N) is 1. The normalized spacial score (nSPS) is 16.6. The first-order valence-electron chi connectivity index (χ1n) is 6.79. The van der Waals surface area contributed by atoms with Gasteiger partial charge in [-0.15, -0.1) is 11.3 Å². The monoisotopic (exact) mass is 292 g/mol. The van der Waals surface area contributed by atoms with Crippen molar-refractivity contribution >= 4 is 17.2 Å². The number of hydrogen-bond donors (Lipinski definition) is 2. The topological polar surface area (TPSA) is 66.6 Å². The van der Waals surface area contributed by atoms with Crippen molar-refractivity contribution < 1.29 is 9.90 Å². The molecule has 1 amide bonds. The number of thiophene rings is 1. The predicted molar refractivity (Wildman–Crippen MR) is 80.6 cm³/mol. The van der Waals surface area contributed by atoms with Gasteiger partial charge in [0.1, 0.15) is 0 Å². The smallest absolute Gasteiger partial charge is 0.254 e. The fourth-order valence-electron chi connectivity index (χ4n) is 2.58. The molecule has 1 fully saturated rings. The Morgan fingerprint density at radius 1 is 1.55 bits per heavy atom. The number of carbonyl (C=O) groups excluding carboxylic acids is 1. The van der Waals surface area contributed by atoms with E-state index in [-0.39, 0.29) is 5.91 Å². The van der Waals surface area contributed by atoms with Gasteiger partial charge in [0.2, 0.25) is 0 Å². The van der Waals surface area contributed by atoms with E-state index in [1.807, 2.05) is 0 Å². The Morgan fingerprint density at radius 2 is 2.25 bits per heavy atom. The van der Waals surface area contributed by atoms with Gasteiger partial charge in [-0.3, -0.25) is 4.79 Å². The molecule has 20 heavy (non-hydrogen) atoms. The Hall–Kier alpha value is -1.35. The van der Waals surface area contributed by atoms with Gasteiger partial charge in [0.25, 0.3) is 5.91 Å². The maximum absolute atomic E-state index is 12.3. The van der Waals surface area contributed by atoms with Gasteiger partial charge >= 0.3 is 0 Å². The molecule has 2 rings (SSSR count). The minimum atomic E-state index is -0.706. The van der Waals surface area contributed by atoms with Crippen molar-refractivity contribution in [2.45, 2.75) is 31.3 Å². The van der Waals surface area contributed by atoms with E-state index in [9.17, 15) is 9.90 Å². The summed E-state index contributed by atoms with van der Waals surface area (Å²) in [5.41, 5.74) is 5.24. The lowest BCUT2D eigenvalue weighted by Gasteiger charge is -2.28. The van der Waals surface area contributed by atoms with E-state index >= 15 is 0 Å². The zero-order chi connectivity index (χ0) is 14.6. The van der Waals surface area contributed by atoms with E-state index in [4.69, 9.17) is 5.73 Å². The molecule has 0 radical (unpaired) electrons. The lowest BCUT2D eigenvalue weighted by molar-refractivity contribution is 0.0157. The van der Waals surface area contributed by atoms with Crippen LogP contribution in [0, 0.1) is 11.8 Å². The number of aliphatic hydroxyl groups is 1. The lowest BCUT2D eigenvalue weighted by atomic mass is 10.0. The first-order valence-corrected chi connectivity index (χ1v) is 7.67. The van der Waals surface area contributed by atoms with Crippen LogP contribution in [0.1, 0.15) is 40.9 Å². The number of hydrogen-bond acceptors (Lipinski definition) is 4. The second-order valence-electron chi connectivity index (χ2n) is 5.30. The summed E-state index contributed by atoms with van der Waals surface area (Å²) in [7, 11) is 1.74. The Labute approximate surface area is 123 Å². The largest absolute Gasteiger partial charge is 0.388 e. The van der Waals surface area contributed by atoms with Gasteiger partial charge in [-0.25, -0.2) is 0 Å². The second-order valence-corrected chi connectivity index (χ2v) is 6.21. The molecule has 1 saturated carbocycles. The van der Waals surface area contributed by atoms with E-state index in [2.05, 4.69) is 11.8 Å². The second kappa shape index (κ2) is 6.40. The number of nitrogens with zero attached hydrogens (tertiary/aromatic N) is 1. The fourth-order valence-corrected chi connectivity index (χ4v) is 3.33. The van der Waals surface area contributed by atoms with Crippen molar-refractivity contribution in [3.8, 4) is 11.8 Å². The minimum absolute atomic E-state index is 0.0672. The van der Waals surface area contributed by atoms with Gasteiger partial charge in [-0.05, 0) is 18.9 Å². The van der Waals surface area contributed by atoms with Crippen LogP contribution in [0.4, 0.5) is 0 Å². The molecule has 0 bridgehead atoms. The van der Waals surface area contributed by atoms with Crippen LogP contribution in [0.2, 0.25) is 0 Å². The van der Waals surface area contributed by atoms with Crippen molar-refractivity contribution in [3.05, 3.63) is 21.9 Å². The van der Waals surface area contributed by atoms with Crippen LogP contribution < -0.4 is 5.73 Å². The van der Waals surface area contributed by atoms with Crippen LogP contribution in [0.25, 0.3) is 0 Å². The van der Waals surface area contributed by atoms with Crippen LogP contribution in [0.5, 0.6) is 0 Å². The molecule has 1 heterocycles. The fraction of sp³-hybridized carbons (Fsp3) is 0.533. The summed E-state index contributed by atoms with van der Waals surface area (Å²) < 4.78 is 0. The van der Waals surface area contributed by atoms with Crippen molar-refractivity contribution in [2.24, 2.45) is 5.73 Å². The average Bonchev–Trinajstić information content (AvgIpc) is 3.04. The third-order valence-electron chi connectivity index (χ3n) is 3.57. The number of amides is 1. The lowest BCUT2D eigenvalue weighted by Crippen LogP contribution is -2.41. The summed E-state index contributed by atoms with van der Waals surface area (Å²) in [5, 5.41) is 12.2. The first kappa shape index (κ1) is 15.0. The highest BCUT2D eigenvalue weighted by atomic mass is 32.1. The van der Waals surface area contributed by atoms with Gasteiger partial charge in [-0.1, -0.05) is 24.7 Å². The molecule has 5 heteroatoms. The van der Waals surface area contributed by atoms with Crippen molar-refractivity contribution in [1.29, 1.82) is 0 Å². The van der Waals surface area contributed by atoms with Crippen molar-refractivity contribution in [3.63, 3.8) is 0 Å². The molecule has 0 aromatic carbocycles.